The molecule has 1 aromatic rings. The van der Waals surface area contributed by atoms with E-state index in [0.29, 0.717) is 5.92 Å². The highest BCUT2D eigenvalue weighted by molar-refractivity contribution is 5.31. The number of rotatable bonds is 3. The molecule has 82 valence electrons. The average Bonchev–Trinajstić information content (AvgIpc) is 2.31. The molecule has 2 heteroatoms. The molecule has 0 saturated carbocycles. The molecule has 0 aliphatic carbocycles. The Hall–Kier alpha value is -1.02. The van der Waals surface area contributed by atoms with Crippen molar-refractivity contribution in [3.05, 3.63) is 29.8 Å². The molecule has 0 aromatic heterocycles. The van der Waals surface area contributed by atoms with Crippen molar-refractivity contribution in [2.24, 2.45) is 0 Å². The summed E-state index contributed by atoms with van der Waals surface area (Å²) in [5.41, 5.74) is 1.43. The van der Waals surface area contributed by atoms with Crippen molar-refractivity contribution in [1.29, 1.82) is 0 Å². The third-order valence-corrected chi connectivity index (χ3v) is 2.98. The standard InChI is InChI=1S/C13H19NO/c1-2-15-13-5-3-4-12(10-13)11-6-8-14-9-7-11/h3-5,10-11,14H,2,6-9H2,1H3. The second kappa shape index (κ2) is 5.17. The second-order valence-electron chi connectivity index (χ2n) is 4.03. The Labute approximate surface area is 91.6 Å². The summed E-state index contributed by atoms with van der Waals surface area (Å²) in [6.45, 7) is 5.06. The number of benzene rings is 1. The summed E-state index contributed by atoms with van der Waals surface area (Å²) in [4.78, 5) is 0. The van der Waals surface area contributed by atoms with Gasteiger partial charge in [-0.1, -0.05) is 12.1 Å². The van der Waals surface area contributed by atoms with Gasteiger partial charge in [0.15, 0.2) is 0 Å². The predicted molar refractivity (Wildman–Crippen MR) is 62.5 cm³/mol. The summed E-state index contributed by atoms with van der Waals surface area (Å²) in [7, 11) is 0. The van der Waals surface area contributed by atoms with Crippen LogP contribution in [0.2, 0.25) is 0 Å². The lowest BCUT2D eigenvalue weighted by Crippen LogP contribution is -2.26. The lowest BCUT2D eigenvalue weighted by molar-refractivity contribution is 0.339. The highest BCUT2D eigenvalue weighted by Gasteiger charge is 2.15. The van der Waals surface area contributed by atoms with Crippen molar-refractivity contribution < 1.29 is 4.74 Å². The van der Waals surface area contributed by atoms with Gasteiger partial charge in [-0.2, -0.15) is 0 Å². The summed E-state index contributed by atoms with van der Waals surface area (Å²) in [6.07, 6.45) is 2.49. The van der Waals surface area contributed by atoms with E-state index in [4.69, 9.17) is 4.74 Å². The number of ether oxygens (including phenoxy) is 1. The van der Waals surface area contributed by atoms with Crippen LogP contribution in [0.3, 0.4) is 0 Å². The zero-order valence-electron chi connectivity index (χ0n) is 9.33. The van der Waals surface area contributed by atoms with E-state index in [2.05, 4.69) is 23.5 Å². The van der Waals surface area contributed by atoms with Gasteiger partial charge in [0.05, 0.1) is 6.61 Å². The number of piperidine rings is 1. The normalized spacial score (nSPS) is 17.7. The van der Waals surface area contributed by atoms with Gasteiger partial charge in [-0.15, -0.1) is 0 Å². The highest BCUT2D eigenvalue weighted by atomic mass is 16.5. The molecular formula is C13H19NO. The van der Waals surface area contributed by atoms with Crippen LogP contribution in [-0.4, -0.2) is 19.7 Å². The Balaban J connectivity index is 2.09. The van der Waals surface area contributed by atoms with Gasteiger partial charge in [-0.25, -0.2) is 0 Å². The van der Waals surface area contributed by atoms with Crippen LogP contribution in [0.15, 0.2) is 24.3 Å². The lowest BCUT2D eigenvalue weighted by atomic mass is 9.90. The smallest absolute Gasteiger partial charge is 0.119 e. The molecule has 1 fully saturated rings. The molecule has 0 amide bonds. The van der Waals surface area contributed by atoms with Crippen molar-refractivity contribution in [1.82, 2.24) is 5.32 Å². The minimum absolute atomic E-state index is 0.714. The van der Waals surface area contributed by atoms with Crippen molar-refractivity contribution in [3.63, 3.8) is 0 Å². The summed E-state index contributed by atoms with van der Waals surface area (Å²) in [5.74, 6) is 1.72. The van der Waals surface area contributed by atoms with Crippen molar-refractivity contribution >= 4 is 0 Å². The van der Waals surface area contributed by atoms with Gasteiger partial charge < -0.3 is 10.1 Å². The molecule has 1 heterocycles. The predicted octanol–water partition coefficient (Wildman–Crippen LogP) is 2.55. The Kier molecular flexibility index (Phi) is 3.62. The SMILES string of the molecule is CCOc1cccc(C2CCNCC2)c1. The first-order valence-corrected chi connectivity index (χ1v) is 5.83. The molecule has 1 aromatic carbocycles. The molecule has 1 aliphatic rings. The molecule has 1 saturated heterocycles. The van der Waals surface area contributed by atoms with E-state index in [0.717, 1.165) is 25.4 Å². The van der Waals surface area contributed by atoms with Gasteiger partial charge in [0.1, 0.15) is 5.75 Å². The third-order valence-electron chi connectivity index (χ3n) is 2.98. The number of hydrogen-bond donors (Lipinski definition) is 1. The van der Waals surface area contributed by atoms with E-state index in [-0.39, 0.29) is 0 Å². The van der Waals surface area contributed by atoms with Crippen LogP contribution >= 0.6 is 0 Å². The zero-order chi connectivity index (χ0) is 10.5. The van der Waals surface area contributed by atoms with Crippen molar-refractivity contribution in [3.8, 4) is 5.75 Å². The minimum Gasteiger partial charge on any atom is -0.494 e. The van der Waals surface area contributed by atoms with Crippen LogP contribution in [0.1, 0.15) is 31.2 Å². The highest BCUT2D eigenvalue weighted by Crippen LogP contribution is 2.27. The van der Waals surface area contributed by atoms with E-state index in [1.807, 2.05) is 13.0 Å². The van der Waals surface area contributed by atoms with Crippen LogP contribution < -0.4 is 10.1 Å². The second-order valence-corrected chi connectivity index (χ2v) is 4.03. The van der Waals surface area contributed by atoms with Gasteiger partial charge in [-0.05, 0) is 56.5 Å². The van der Waals surface area contributed by atoms with Gasteiger partial charge in [0.25, 0.3) is 0 Å². The van der Waals surface area contributed by atoms with Crippen LogP contribution in [0.4, 0.5) is 0 Å². The quantitative estimate of drug-likeness (QED) is 0.818. The van der Waals surface area contributed by atoms with E-state index in [9.17, 15) is 0 Å². The lowest BCUT2D eigenvalue weighted by Gasteiger charge is -2.23. The van der Waals surface area contributed by atoms with Crippen LogP contribution in [0, 0.1) is 0 Å². The molecule has 0 atom stereocenters. The largest absolute Gasteiger partial charge is 0.494 e. The molecule has 0 unspecified atom stereocenters. The molecule has 1 aliphatic heterocycles. The van der Waals surface area contributed by atoms with E-state index < -0.39 is 0 Å². The molecule has 0 radical (unpaired) electrons. The molecule has 2 rings (SSSR count). The molecule has 0 bridgehead atoms. The minimum atomic E-state index is 0.714. The van der Waals surface area contributed by atoms with E-state index in [1.165, 1.54) is 18.4 Å². The first-order valence-electron chi connectivity index (χ1n) is 5.83. The molecular weight excluding hydrogens is 186 g/mol. The molecule has 2 nitrogen and oxygen atoms in total. The average molecular weight is 205 g/mol. The Bertz CT molecular complexity index is 305. The van der Waals surface area contributed by atoms with Crippen molar-refractivity contribution in [2.45, 2.75) is 25.7 Å². The molecule has 15 heavy (non-hydrogen) atoms. The Morgan fingerprint density at radius 3 is 2.87 bits per heavy atom. The topological polar surface area (TPSA) is 21.3 Å². The van der Waals surface area contributed by atoms with Gasteiger partial charge >= 0.3 is 0 Å². The van der Waals surface area contributed by atoms with E-state index >= 15 is 0 Å². The summed E-state index contributed by atoms with van der Waals surface area (Å²) < 4.78 is 5.52. The monoisotopic (exact) mass is 205 g/mol. The maximum Gasteiger partial charge on any atom is 0.119 e. The van der Waals surface area contributed by atoms with Crippen LogP contribution in [0.5, 0.6) is 5.75 Å². The fourth-order valence-electron chi connectivity index (χ4n) is 2.18. The number of hydrogen-bond acceptors (Lipinski definition) is 2. The van der Waals surface area contributed by atoms with Gasteiger partial charge in [-0.3, -0.25) is 0 Å². The first-order chi connectivity index (χ1) is 7.40. The number of nitrogens with one attached hydrogen (secondary N) is 1. The maximum absolute atomic E-state index is 5.52. The van der Waals surface area contributed by atoms with Gasteiger partial charge in [0, 0.05) is 0 Å². The van der Waals surface area contributed by atoms with E-state index in [1.54, 1.807) is 0 Å². The molecule has 1 N–H and O–H groups in total. The zero-order valence-corrected chi connectivity index (χ0v) is 9.33. The third kappa shape index (κ3) is 2.72. The first kappa shape index (κ1) is 10.5. The van der Waals surface area contributed by atoms with Crippen molar-refractivity contribution in [2.75, 3.05) is 19.7 Å². The Morgan fingerprint density at radius 2 is 2.13 bits per heavy atom. The fraction of sp³-hybridized carbons (Fsp3) is 0.538. The summed E-state index contributed by atoms with van der Waals surface area (Å²) in [5, 5.41) is 3.39. The van der Waals surface area contributed by atoms with Crippen LogP contribution in [-0.2, 0) is 0 Å². The summed E-state index contributed by atoms with van der Waals surface area (Å²) in [6, 6.07) is 8.55. The fourth-order valence-corrected chi connectivity index (χ4v) is 2.18. The molecule has 0 spiro atoms. The van der Waals surface area contributed by atoms with Crippen LogP contribution in [0.25, 0.3) is 0 Å². The Morgan fingerprint density at radius 1 is 1.33 bits per heavy atom. The summed E-state index contributed by atoms with van der Waals surface area (Å²) >= 11 is 0. The van der Waals surface area contributed by atoms with Gasteiger partial charge in [0.2, 0.25) is 0 Å². The maximum atomic E-state index is 5.52.